The topological polar surface area (TPSA) is 3.24 Å². The van der Waals surface area contributed by atoms with Crippen LogP contribution in [0.5, 0.6) is 0 Å². The first kappa shape index (κ1) is 35.7. The number of hydrogen-bond donors (Lipinski definition) is 0. The number of benzene rings is 10. The summed E-state index contributed by atoms with van der Waals surface area (Å²) in [5.41, 5.74) is 17.8. The first-order chi connectivity index (χ1) is 29.3. The second-order valence-corrected chi connectivity index (χ2v) is 14.9. The van der Waals surface area contributed by atoms with Crippen molar-refractivity contribution in [1.82, 2.24) is 0 Å². The second-order valence-electron chi connectivity index (χ2n) is 14.9. The average Bonchev–Trinajstić information content (AvgIpc) is 3.33. The van der Waals surface area contributed by atoms with Gasteiger partial charge in [0.25, 0.3) is 0 Å². The zero-order valence-electron chi connectivity index (χ0n) is 32.6. The van der Waals surface area contributed by atoms with E-state index in [1.54, 1.807) is 0 Å². The van der Waals surface area contributed by atoms with Gasteiger partial charge in [-0.3, -0.25) is 0 Å². The fourth-order valence-electron chi connectivity index (χ4n) is 8.44. The van der Waals surface area contributed by atoms with E-state index in [0.717, 1.165) is 17.1 Å². The van der Waals surface area contributed by atoms with E-state index in [4.69, 9.17) is 0 Å². The van der Waals surface area contributed by atoms with Crippen molar-refractivity contribution >= 4 is 27.8 Å². The molecule has 0 aliphatic carbocycles. The van der Waals surface area contributed by atoms with Gasteiger partial charge in [0.05, 0.1) is 0 Å². The van der Waals surface area contributed by atoms with Crippen LogP contribution in [0.15, 0.2) is 249 Å². The van der Waals surface area contributed by atoms with Crippen molar-refractivity contribution in [2.75, 3.05) is 4.90 Å². The van der Waals surface area contributed by atoms with E-state index < -0.39 is 0 Å². The largest absolute Gasteiger partial charge is 0.311 e. The maximum Gasteiger partial charge on any atom is 0.0462 e. The van der Waals surface area contributed by atoms with Crippen LogP contribution >= 0.6 is 0 Å². The van der Waals surface area contributed by atoms with Crippen LogP contribution in [-0.2, 0) is 0 Å². The number of anilines is 3. The molecule has 10 aromatic rings. The van der Waals surface area contributed by atoms with Crippen molar-refractivity contribution in [1.29, 1.82) is 0 Å². The molecule has 0 amide bonds. The Morgan fingerprint density at radius 2 is 0.441 bits per heavy atom. The van der Waals surface area contributed by atoms with Gasteiger partial charge in [0.2, 0.25) is 0 Å². The molecule has 0 N–H and O–H groups in total. The third-order valence-electron chi connectivity index (χ3n) is 11.3. The summed E-state index contributed by atoms with van der Waals surface area (Å²) in [6.07, 6.45) is 0. The summed E-state index contributed by atoms with van der Waals surface area (Å²) in [4.78, 5) is 2.36. The summed E-state index contributed by atoms with van der Waals surface area (Å²) in [6.45, 7) is 0. The standard InChI is InChI=1S/C58H41N/c1-4-16-42(17-5-1)43-28-34-48(35-29-43)59(50-38-32-47(33-39-50)54-41-40-53(45-20-8-3-9-21-45)57-26-14-15-27-58(54)57)49-36-30-46(31-37-49)52-23-11-13-25-56(52)55-24-12-10-22-51(55)44-18-6-2-7-19-44/h1-41H. The molecule has 0 atom stereocenters. The summed E-state index contributed by atoms with van der Waals surface area (Å²) >= 11 is 0. The summed E-state index contributed by atoms with van der Waals surface area (Å²) in [5, 5.41) is 2.50. The summed E-state index contributed by atoms with van der Waals surface area (Å²) < 4.78 is 0. The van der Waals surface area contributed by atoms with E-state index in [-0.39, 0.29) is 0 Å². The van der Waals surface area contributed by atoms with Crippen LogP contribution in [0.3, 0.4) is 0 Å². The Kier molecular flexibility index (Phi) is 9.68. The smallest absolute Gasteiger partial charge is 0.0462 e. The molecule has 10 rings (SSSR count). The van der Waals surface area contributed by atoms with E-state index in [0.29, 0.717) is 0 Å². The maximum absolute atomic E-state index is 2.36. The Morgan fingerprint density at radius 3 is 0.864 bits per heavy atom. The number of nitrogens with zero attached hydrogens (tertiary/aromatic N) is 1. The maximum atomic E-state index is 2.36. The van der Waals surface area contributed by atoms with E-state index >= 15 is 0 Å². The molecule has 0 spiro atoms. The molecule has 0 aliphatic heterocycles. The van der Waals surface area contributed by atoms with Crippen LogP contribution in [0.25, 0.3) is 77.5 Å². The molecule has 10 aromatic carbocycles. The molecule has 1 nitrogen and oxygen atoms in total. The quantitative estimate of drug-likeness (QED) is 0.142. The lowest BCUT2D eigenvalue weighted by Crippen LogP contribution is -2.09. The van der Waals surface area contributed by atoms with Crippen LogP contribution in [-0.4, -0.2) is 0 Å². The molecule has 1 heteroatoms. The van der Waals surface area contributed by atoms with Crippen LogP contribution in [0.4, 0.5) is 17.1 Å². The van der Waals surface area contributed by atoms with Gasteiger partial charge in [-0.2, -0.15) is 0 Å². The molecule has 0 fully saturated rings. The summed E-state index contributed by atoms with van der Waals surface area (Å²) in [7, 11) is 0. The fourth-order valence-corrected chi connectivity index (χ4v) is 8.44. The minimum atomic E-state index is 1.09. The van der Waals surface area contributed by atoms with Crippen molar-refractivity contribution in [3.05, 3.63) is 249 Å². The first-order valence-corrected chi connectivity index (χ1v) is 20.3. The minimum absolute atomic E-state index is 1.09. The van der Waals surface area contributed by atoms with Gasteiger partial charge >= 0.3 is 0 Å². The minimum Gasteiger partial charge on any atom is -0.311 e. The first-order valence-electron chi connectivity index (χ1n) is 20.3. The molecule has 0 bridgehead atoms. The molecule has 0 aromatic heterocycles. The van der Waals surface area contributed by atoms with Gasteiger partial charge < -0.3 is 4.90 Å². The van der Waals surface area contributed by atoms with E-state index in [2.05, 4.69) is 254 Å². The number of hydrogen-bond acceptors (Lipinski definition) is 1. The van der Waals surface area contributed by atoms with Gasteiger partial charge in [-0.1, -0.05) is 212 Å². The average molecular weight is 752 g/mol. The SMILES string of the molecule is c1ccc(-c2ccc(N(c3ccc(-c4ccccc4-c4ccccc4-c4ccccc4)cc3)c3ccc(-c4ccc(-c5ccccc5)c5ccccc45)cc3)cc2)cc1. The highest BCUT2D eigenvalue weighted by atomic mass is 15.1. The van der Waals surface area contributed by atoms with Gasteiger partial charge in [0.1, 0.15) is 0 Å². The van der Waals surface area contributed by atoms with Gasteiger partial charge in [-0.25, -0.2) is 0 Å². The van der Waals surface area contributed by atoms with Crippen molar-refractivity contribution in [2.24, 2.45) is 0 Å². The van der Waals surface area contributed by atoms with E-state index in [1.165, 1.54) is 77.5 Å². The highest BCUT2D eigenvalue weighted by Crippen LogP contribution is 2.42. The molecule has 0 heterocycles. The second kappa shape index (κ2) is 16.0. The lowest BCUT2D eigenvalue weighted by Gasteiger charge is -2.26. The Labute approximate surface area is 346 Å². The monoisotopic (exact) mass is 751 g/mol. The zero-order chi connectivity index (χ0) is 39.4. The predicted octanol–water partition coefficient (Wildman–Crippen LogP) is 16.3. The van der Waals surface area contributed by atoms with Gasteiger partial charge in [0, 0.05) is 17.1 Å². The highest BCUT2D eigenvalue weighted by molar-refractivity contribution is 6.05. The Hall–Kier alpha value is -7.74. The van der Waals surface area contributed by atoms with Crippen molar-refractivity contribution in [3.63, 3.8) is 0 Å². The Balaban J connectivity index is 1.03. The molecule has 59 heavy (non-hydrogen) atoms. The van der Waals surface area contributed by atoms with Crippen molar-refractivity contribution < 1.29 is 0 Å². The van der Waals surface area contributed by atoms with Gasteiger partial charge in [0.15, 0.2) is 0 Å². The molecule has 0 saturated carbocycles. The fraction of sp³-hybridized carbons (Fsp3) is 0. The molecule has 278 valence electrons. The molecule has 0 saturated heterocycles. The van der Waals surface area contributed by atoms with E-state index in [1.807, 2.05) is 0 Å². The Bertz CT molecular complexity index is 2990. The van der Waals surface area contributed by atoms with Crippen LogP contribution in [0.1, 0.15) is 0 Å². The van der Waals surface area contributed by atoms with Crippen molar-refractivity contribution in [2.45, 2.75) is 0 Å². The predicted molar refractivity (Wildman–Crippen MR) is 251 cm³/mol. The third kappa shape index (κ3) is 7.12. The molecule has 0 unspecified atom stereocenters. The molecule has 0 aliphatic rings. The van der Waals surface area contributed by atoms with Crippen molar-refractivity contribution in [3.8, 4) is 66.8 Å². The highest BCUT2D eigenvalue weighted by Gasteiger charge is 2.17. The molecular formula is C58H41N. The number of fused-ring (bicyclic) bond motifs is 1. The summed E-state index contributed by atoms with van der Waals surface area (Å²) in [5.74, 6) is 0. The van der Waals surface area contributed by atoms with Gasteiger partial charge in [-0.15, -0.1) is 0 Å². The van der Waals surface area contributed by atoms with Crippen LogP contribution < -0.4 is 4.90 Å². The third-order valence-corrected chi connectivity index (χ3v) is 11.3. The van der Waals surface area contributed by atoms with E-state index in [9.17, 15) is 0 Å². The Morgan fingerprint density at radius 1 is 0.169 bits per heavy atom. The normalized spacial score (nSPS) is 11.1. The lowest BCUT2D eigenvalue weighted by atomic mass is 9.89. The van der Waals surface area contributed by atoms with Gasteiger partial charge in [-0.05, 0) is 114 Å². The zero-order valence-corrected chi connectivity index (χ0v) is 32.6. The lowest BCUT2D eigenvalue weighted by molar-refractivity contribution is 1.28. The number of rotatable bonds is 9. The molecule has 0 radical (unpaired) electrons. The summed E-state index contributed by atoms with van der Waals surface area (Å²) in [6, 6.07) is 89.6. The van der Waals surface area contributed by atoms with Crippen LogP contribution in [0.2, 0.25) is 0 Å². The molecular weight excluding hydrogens is 711 g/mol. The van der Waals surface area contributed by atoms with Crippen LogP contribution in [0, 0.1) is 0 Å².